The molecule has 2 N–H and O–H groups in total. The van der Waals surface area contributed by atoms with Crippen molar-refractivity contribution in [1.82, 2.24) is 9.97 Å². The number of nitrogens with zero attached hydrogens (tertiary/aromatic N) is 3. The Bertz CT molecular complexity index is 406. The van der Waals surface area contributed by atoms with Crippen molar-refractivity contribution in [2.45, 2.75) is 25.9 Å². The molecule has 2 heterocycles. The molecule has 0 aliphatic carbocycles. The predicted octanol–water partition coefficient (Wildman–Crippen LogP) is 0.804. The van der Waals surface area contributed by atoms with Crippen LogP contribution >= 0.6 is 0 Å². The van der Waals surface area contributed by atoms with Gasteiger partial charge in [-0.3, -0.25) is 0 Å². The van der Waals surface area contributed by atoms with Crippen molar-refractivity contribution >= 4 is 11.6 Å². The number of rotatable bonds is 5. The van der Waals surface area contributed by atoms with Crippen LogP contribution in [0.3, 0.4) is 0 Å². The Hall–Kier alpha value is -1.40. The minimum atomic E-state index is 0.0940. The molecule has 1 aliphatic heterocycles. The van der Waals surface area contributed by atoms with Crippen LogP contribution in [-0.2, 0) is 4.74 Å². The van der Waals surface area contributed by atoms with E-state index in [1.807, 2.05) is 14.0 Å². The van der Waals surface area contributed by atoms with Gasteiger partial charge in [0.15, 0.2) is 0 Å². The van der Waals surface area contributed by atoms with Gasteiger partial charge in [-0.2, -0.15) is 0 Å². The number of hydrogen-bond acceptors (Lipinski definition) is 6. The fourth-order valence-electron chi connectivity index (χ4n) is 2.47. The molecule has 0 unspecified atom stereocenters. The summed E-state index contributed by atoms with van der Waals surface area (Å²) < 4.78 is 5.57. The zero-order valence-electron chi connectivity index (χ0n) is 11.6. The van der Waals surface area contributed by atoms with Crippen molar-refractivity contribution in [3.8, 4) is 0 Å². The minimum absolute atomic E-state index is 0.0940. The molecule has 6 heteroatoms. The van der Waals surface area contributed by atoms with Gasteiger partial charge in [0.1, 0.15) is 18.0 Å². The number of anilines is 2. The molecule has 0 aromatic carbocycles. The molecule has 1 aromatic heterocycles. The van der Waals surface area contributed by atoms with Crippen LogP contribution in [0.2, 0.25) is 0 Å². The molecule has 1 saturated heterocycles. The third-order valence-electron chi connectivity index (χ3n) is 3.48. The second kappa shape index (κ2) is 6.68. The average Bonchev–Trinajstić information content (AvgIpc) is 2.46. The second-order valence-corrected chi connectivity index (χ2v) is 4.70. The maximum atomic E-state index is 8.76. The standard InChI is InChI=1S/C13H22N4O2/c1-10-12(14-2)15-9-16-13(10)17-5-3-11(4-6-17)19-8-7-18/h9,11,18H,3-8H2,1-2H3,(H,14,15,16). The molecule has 0 saturated carbocycles. The van der Waals surface area contributed by atoms with Crippen molar-refractivity contribution in [1.29, 1.82) is 0 Å². The average molecular weight is 266 g/mol. The van der Waals surface area contributed by atoms with Gasteiger partial charge in [-0.05, 0) is 19.8 Å². The SMILES string of the molecule is CNc1ncnc(N2CCC(OCCO)CC2)c1C. The van der Waals surface area contributed by atoms with Crippen LogP contribution in [0.4, 0.5) is 11.6 Å². The van der Waals surface area contributed by atoms with Crippen molar-refractivity contribution in [3.63, 3.8) is 0 Å². The Morgan fingerprint density at radius 1 is 1.42 bits per heavy atom. The van der Waals surface area contributed by atoms with Crippen molar-refractivity contribution in [3.05, 3.63) is 11.9 Å². The molecule has 1 fully saturated rings. The zero-order valence-corrected chi connectivity index (χ0v) is 11.6. The smallest absolute Gasteiger partial charge is 0.137 e. The van der Waals surface area contributed by atoms with Gasteiger partial charge in [0.2, 0.25) is 0 Å². The van der Waals surface area contributed by atoms with E-state index >= 15 is 0 Å². The van der Waals surface area contributed by atoms with Crippen LogP contribution < -0.4 is 10.2 Å². The summed E-state index contributed by atoms with van der Waals surface area (Å²) in [5.41, 5.74) is 1.08. The summed E-state index contributed by atoms with van der Waals surface area (Å²) in [6.45, 7) is 4.42. The van der Waals surface area contributed by atoms with Gasteiger partial charge in [0, 0.05) is 25.7 Å². The molecule has 0 amide bonds. The number of aliphatic hydroxyl groups excluding tert-OH is 1. The molecule has 1 aromatic rings. The Labute approximate surface area is 113 Å². The lowest BCUT2D eigenvalue weighted by molar-refractivity contribution is 0.0158. The highest BCUT2D eigenvalue weighted by Crippen LogP contribution is 2.25. The first-order valence-corrected chi connectivity index (χ1v) is 6.73. The first-order valence-electron chi connectivity index (χ1n) is 6.73. The highest BCUT2D eigenvalue weighted by molar-refractivity contribution is 5.57. The lowest BCUT2D eigenvalue weighted by Crippen LogP contribution is -2.38. The molecule has 0 bridgehead atoms. The fourth-order valence-corrected chi connectivity index (χ4v) is 2.47. The van der Waals surface area contributed by atoms with Crippen molar-refractivity contribution in [2.75, 3.05) is 43.6 Å². The van der Waals surface area contributed by atoms with E-state index in [1.54, 1.807) is 6.33 Å². The monoisotopic (exact) mass is 266 g/mol. The lowest BCUT2D eigenvalue weighted by Gasteiger charge is -2.33. The van der Waals surface area contributed by atoms with Crippen LogP contribution in [-0.4, -0.2) is 54.5 Å². The van der Waals surface area contributed by atoms with Crippen LogP contribution in [0.25, 0.3) is 0 Å². The van der Waals surface area contributed by atoms with E-state index in [0.717, 1.165) is 43.1 Å². The molecule has 2 rings (SSSR count). The first-order chi connectivity index (χ1) is 9.26. The van der Waals surface area contributed by atoms with Gasteiger partial charge in [-0.15, -0.1) is 0 Å². The second-order valence-electron chi connectivity index (χ2n) is 4.70. The number of aliphatic hydroxyl groups is 1. The molecular formula is C13H22N4O2. The molecule has 0 spiro atoms. The summed E-state index contributed by atoms with van der Waals surface area (Å²) in [5.74, 6) is 1.88. The fraction of sp³-hybridized carbons (Fsp3) is 0.692. The molecular weight excluding hydrogens is 244 g/mol. The summed E-state index contributed by atoms with van der Waals surface area (Å²) in [6, 6.07) is 0. The summed E-state index contributed by atoms with van der Waals surface area (Å²) in [6.07, 6.45) is 3.80. The Morgan fingerprint density at radius 2 is 2.16 bits per heavy atom. The van der Waals surface area contributed by atoms with E-state index in [2.05, 4.69) is 20.2 Å². The molecule has 0 radical (unpaired) electrons. The largest absolute Gasteiger partial charge is 0.394 e. The van der Waals surface area contributed by atoms with E-state index in [9.17, 15) is 0 Å². The minimum Gasteiger partial charge on any atom is -0.394 e. The highest BCUT2D eigenvalue weighted by atomic mass is 16.5. The van der Waals surface area contributed by atoms with Gasteiger partial charge in [0.25, 0.3) is 0 Å². The maximum absolute atomic E-state index is 8.76. The summed E-state index contributed by atoms with van der Waals surface area (Å²) in [5, 5.41) is 11.8. The number of ether oxygens (including phenoxy) is 1. The van der Waals surface area contributed by atoms with Gasteiger partial charge in [0.05, 0.1) is 19.3 Å². The molecule has 1 aliphatic rings. The maximum Gasteiger partial charge on any atom is 0.137 e. The molecule has 106 valence electrons. The number of piperidine rings is 1. The summed E-state index contributed by atoms with van der Waals surface area (Å²) in [4.78, 5) is 10.9. The lowest BCUT2D eigenvalue weighted by atomic mass is 10.1. The Morgan fingerprint density at radius 3 is 2.79 bits per heavy atom. The molecule has 6 nitrogen and oxygen atoms in total. The van der Waals surface area contributed by atoms with E-state index in [1.165, 1.54) is 0 Å². The Balaban J connectivity index is 1.98. The van der Waals surface area contributed by atoms with Crippen molar-refractivity contribution in [2.24, 2.45) is 0 Å². The van der Waals surface area contributed by atoms with E-state index in [0.29, 0.717) is 6.61 Å². The zero-order chi connectivity index (χ0) is 13.7. The molecule has 19 heavy (non-hydrogen) atoms. The third kappa shape index (κ3) is 3.33. The number of nitrogens with one attached hydrogen (secondary N) is 1. The van der Waals surface area contributed by atoms with Gasteiger partial charge >= 0.3 is 0 Å². The first kappa shape index (κ1) is 14.0. The van der Waals surface area contributed by atoms with Crippen LogP contribution in [0.1, 0.15) is 18.4 Å². The number of hydrogen-bond donors (Lipinski definition) is 2. The van der Waals surface area contributed by atoms with Gasteiger partial charge in [-0.1, -0.05) is 0 Å². The summed E-state index contributed by atoms with van der Waals surface area (Å²) >= 11 is 0. The van der Waals surface area contributed by atoms with E-state index < -0.39 is 0 Å². The van der Waals surface area contributed by atoms with E-state index in [4.69, 9.17) is 9.84 Å². The quantitative estimate of drug-likeness (QED) is 0.821. The van der Waals surface area contributed by atoms with Crippen molar-refractivity contribution < 1.29 is 9.84 Å². The van der Waals surface area contributed by atoms with Crippen LogP contribution in [0.15, 0.2) is 6.33 Å². The van der Waals surface area contributed by atoms with Gasteiger partial charge < -0.3 is 20.1 Å². The summed E-state index contributed by atoms with van der Waals surface area (Å²) in [7, 11) is 1.87. The van der Waals surface area contributed by atoms with Crippen LogP contribution in [0, 0.1) is 6.92 Å². The number of aromatic nitrogens is 2. The molecule has 0 atom stereocenters. The van der Waals surface area contributed by atoms with E-state index in [-0.39, 0.29) is 12.7 Å². The third-order valence-corrected chi connectivity index (χ3v) is 3.48. The predicted molar refractivity (Wildman–Crippen MR) is 74.6 cm³/mol. The normalized spacial score (nSPS) is 16.7. The topological polar surface area (TPSA) is 70.5 Å². The highest BCUT2D eigenvalue weighted by Gasteiger charge is 2.22. The van der Waals surface area contributed by atoms with Crippen LogP contribution in [0.5, 0.6) is 0 Å². The van der Waals surface area contributed by atoms with Gasteiger partial charge in [-0.25, -0.2) is 9.97 Å². The Kier molecular flexibility index (Phi) is 4.93.